The van der Waals surface area contributed by atoms with Crippen LogP contribution in [0.3, 0.4) is 0 Å². The summed E-state index contributed by atoms with van der Waals surface area (Å²) in [5, 5.41) is 2.72. The molecular formula is C12H12N4O2. The van der Waals surface area contributed by atoms with Crippen LogP contribution in [0.4, 0.5) is 0 Å². The van der Waals surface area contributed by atoms with Gasteiger partial charge < -0.3 is 16.0 Å². The Labute approximate surface area is 103 Å². The molecule has 1 heterocycles. The molecule has 4 N–H and O–H groups in total. The highest BCUT2D eigenvalue weighted by Gasteiger charge is 2.06. The van der Waals surface area contributed by atoms with Crippen molar-refractivity contribution in [1.29, 1.82) is 0 Å². The third-order valence-corrected chi connectivity index (χ3v) is 2.43. The number of rotatable bonds is 4. The summed E-state index contributed by atoms with van der Waals surface area (Å²) in [5.41, 5.74) is 6.78. The van der Waals surface area contributed by atoms with Crippen molar-refractivity contribution in [2.24, 2.45) is 5.73 Å². The van der Waals surface area contributed by atoms with Crippen molar-refractivity contribution in [2.45, 2.75) is 6.54 Å². The molecule has 0 radical (unpaired) electrons. The van der Waals surface area contributed by atoms with Crippen LogP contribution in [0.25, 0.3) is 0 Å². The number of primary amides is 1. The van der Waals surface area contributed by atoms with Gasteiger partial charge in [0.05, 0.1) is 18.6 Å². The molecule has 1 aromatic carbocycles. The predicted octanol–water partition coefficient (Wildman–Crippen LogP) is 0.439. The Kier molecular flexibility index (Phi) is 3.38. The molecule has 6 heteroatoms. The number of nitrogens with one attached hydrogen (secondary N) is 2. The standard InChI is InChI=1S/C12H12N4O2/c13-11(17)8-1-3-9(4-2-8)12(18)15-6-10-5-14-7-16-10/h1-5,7H,6H2,(H2,13,17)(H,14,16)(H,15,18). The van der Waals surface area contributed by atoms with Crippen LogP contribution in [0.1, 0.15) is 26.4 Å². The maximum Gasteiger partial charge on any atom is 0.251 e. The number of nitrogens with zero attached hydrogens (tertiary/aromatic N) is 1. The first-order valence-electron chi connectivity index (χ1n) is 5.32. The van der Waals surface area contributed by atoms with Gasteiger partial charge in [-0.3, -0.25) is 9.59 Å². The Hall–Kier alpha value is -2.63. The molecule has 0 saturated heterocycles. The third-order valence-electron chi connectivity index (χ3n) is 2.43. The van der Waals surface area contributed by atoms with Crippen molar-refractivity contribution in [2.75, 3.05) is 0 Å². The number of H-pyrrole nitrogens is 1. The molecule has 0 bridgehead atoms. The molecule has 0 spiro atoms. The van der Waals surface area contributed by atoms with E-state index in [9.17, 15) is 9.59 Å². The van der Waals surface area contributed by atoms with Crippen LogP contribution in [-0.2, 0) is 6.54 Å². The van der Waals surface area contributed by atoms with E-state index in [0.29, 0.717) is 17.7 Å². The summed E-state index contributed by atoms with van der Waals surface area (Å²) < 4.78 is 0. The minimum Gasteiger partial charge on any atom is -0.366 e. The first kappa shape index (κ1) is 11.8. The van der Waals surface area contributed by atoms with E-state index in [1.54, 1.807) is 24.7 Å². The van der Waals surface area contributed by atoms with Crippen molar-refractivity contribution < 1.29 is 9.59 Å². The molecule has 0 saturated carbocycles. The van der Waals surface area contributed by atoms with Gasteiger partial charge in [-0.1, -0.05) is 0 Å². The Bertz CT molecular complexity index is 546. The van der Waals surface area contributed by atoms with E-state index in [-0.39, 0.29) is 5.91 Å². The SMILES string of the molecule is NC(=O)c1ccc(C(=O)NCc2cnc[nH]2)cc1. The summed E-state index contributed by atoms with van der Waals surface area (Å²) in [4.78, 5) is 29.4. The molecular weight excluding hydrogens is 232 g/mol. The minimum atomic E-state index is -0.514. The smallest absolute Gasteiger partial charge is 0.251 e. The largest absolute Gasteiger partial charge is 0.366 e. The van der Waals surface area contributed by atoms with Crippen LogP contribution in [0.2, 0.25) is 0 Å². The quantitative estimate of drug-likeness (QED) is 0.727. The lowest BCUT2D eigenvalue weighted by atomic mass is 10.1. The lowest BCUT2D eigenvalue weighted by Crippen LogP contribution is -2.23. The predicted molar refractivity (Wildman–Crippen MR) is 64.7 cm³/mol. The number of aromatic amines is 1. The lowest BCUT2D eigenvalue weighted by molar-refractivity contribution is 0.0948. The Morgan fingerprint density at radius 3 is 2.44 bits per heavy atom. The molecule has 0 atom stereocenters. The molecule has 0 aliphatic heterocycles. The monoisotopic (exact) mass is 244 g/mol. The minimum absolute atomic E-state index is 0.222. The van der Waals surface area contributed by atoms with Crippen LogP contribution in [0.5, 0.6) is 0 Å². The van der Waals surface area contributed by atoms with Gasteiger partial charge in [-0.25, -0.2) is 4.98 Å². The molecule has 1 aromatic heterocycles. The second-order valence-corrected chi connectivity index (χ2v) is 3.70. The zero-order valence-electron chi connectivity index (χ0n) is 9.51. The highest BCUT2D eigenvalue weighted by Crippen LogP contribution is 2.04. The van der Waals surface area contributed by atoms with E-state index in [4.69, 9.17) is 5.73 Å². The molecule has 0 unspecified atom stereocenters. The average molecular weight is 244 g/mol. The summed E-state index contributed by atoms with van der Waals surface area (Å²) in [7, 11) is 0. The maximum absolute atomic E-state index is 11.8. The molecule has 92 valence electrons. The summed E-state index contributed by atoms with van der Waals surface area (Å²) in [6, 6.07) is 6.16. The molecule has 2 amide bonds. The number of imidazole rings is 1. The summed E-state index contributed by atoms with van der Waals surface area (Å²) >= 11 is 0. The van der Waals surface area contributed by atoms with Gasteiger partial charge >= 0.3 is 0 Å². The number of hydrogen-bond acceptors (Lipinski definition) is 3. The van der Waals surface area contributed by atoms with Crippen LogP contribution < -0.4 is 11.1 Å². The van der Waals surface area contributed by atoms with Crippen molar-refractivity contribution >= 4 is 11.8 Å². The zero-order chi connectivity index (χ0) is 13.0. The van der Waals surface area contributed by atoms with Crippen molar-refractivity contribution in [3.63, 3.8) is 0 Å². The van der Waals surface area contributed by atoms with Crippen LogP contribution in [0, 0.1) is 0 Å². The zero-order valence-corrected chi connectivity index (χ0v) is 9.51. The Balaban J connectivity index is 1.98. The van der Waals surface area contributed by atoms with E-state index < -0.39 is 5.91 Å². The summed E-state index contributed by atoms with van der Waals surface area (Å²) in [6.07, 6.45) is 3.18. The molecule has 2 rings (SSSR count). The fourth-order valence-corrected chi connectivity index (χ4v) is 1.44. The second kappa shape index (κ2) is 5.13. The fourth-order valence-electron chi connectivity index (χ4n) is 1.44. The highest BCUT2D eigenvalue weighted by molar-refractivity contribution is 5.97. The van der Waals surface area contributed by atoms with Gasteiger partial charge in [0.2, 0.25) is 5.91 Å². The molecule has 2 aromatic rings. The third kappa shape index (κ3) is 2.73. The highest BCUT2D eigenvalue weighted by atomic mass is 16.2. The Morgan fingerprint density at radius 2 is 1.89 bits per heavy atom. The first-order valence-corrected chi connectivity index (χ1v) is 5.32. The number of carbonyl (C=O) groups excluding carboxylic acids is 2. The number of amides is 2. The fraction of sp³-hybridized carbons (Fsp3) is 0.0833. The van der Waals surface area contributed by atoms with Crippen LogP contribution >= 0.6 is 0 Å². The van der Waals surface area contributed by atoms with Gasteiger partial charge in [0.1, 0.15) is 0 Å². The van der Waals surface area contributed by atoms with Gasteiger partial charge in [-0.15, -0.1) is 0 Å². The average Bonchev–Trinajstić information content (AvgIpc) is 2.89. The van der Waals surface area contributed by atoms with E-state index >= 15 is 0 Å². The van der Waals surface area contributed by atoms with Crippen molar-refractivity contribution in [1.82, 2.24) is 15.3 Å². The first-order chi connectivity index (χ1) is 8.66. The number of nitrogens with two attached hydrogens (primary N) is 1. The second-order valence-electron chi connectivity index (χ2n) is 3.70. The molecule has 0 fully saturated rings. The molecule has 18 heavy (non-hydrogen) atoms. The molecule has 0 aliphatic carbocycles. The van der Waals surface area contributed by atoms with Gasteiger partial charge in [0.25, 0.3) is 5.91 Å². The maximum atomic E-state index is 11.8. The lowest BCUT2D eigenvalue weighted by Gasteiger charge is -2.04. The van der Waals surface area contributed by atoms with E-state index in [2.05, 4.69) is 15.3 Å². The van der Waals surface area contributed by atoms with Gasteiger partial charge in [0, 0.05) is 17.3 Å². The van der Waals surface area contributed by atoms with Gasteiger partial charge in [-0.05, 0) is 24.3 Å². The van der Waals surface area contributed by atoms with E-state index in [1.807, 2.05) is 0 Å². The normalized spacial score (nSPS) is 10.0. The number of carbonyl (C=O) groups is 2. The topological polar surface area (TPSA) is 101 Å². The number of hydrogen-bond donors (Lipinski definition) is 3. The number of aromatic nitrogens is 2. The Morgan fingerprint density at radius 1 is 1.22 bits per heavy atom. The van der Waals surface area contributed by atoms with Crippen molar-refractivity contribution in [3.05, 3.63) is 53.6 Å². The summed E-state index contributed by atoms with van der Waals surface area (Å²) in [6.45, 7) is 0.371. The van der Waals surface area contributed by atoms with Crippen LogP contribution in [0.15, 0.2) is 36.8 Å². The molecule has 0 aliphatic rings. The van der Waals surface area contributed by atoms with Crippen molar-refractivity contribution in [3.8, 4) is 0 Å². The van der Waals surface area contributed by atoms with Gasteiger partial charge in [0.15, 0.2) is 0 Å². The van der Waals surface area contributed by atoms with Crippen LogP contribution in [-0.4, -0.2) is 21.8 Å². The number of benzene rings is 1. The molecule has 6 nitrogen and oxygen atoms in total. The van der Waals surface area contributed by atoms with Gasteiger partial charge in [-0.2, -0.15) is 0 Å². The van der Waals surface area contributed by atoms with E-state index in [1.165, 1.54) is 12.1 Å². The summed E-state index contributed by atoms with van der Waals surface area (Å²) in [5.74, 6) is -0.736. The van der Waals surface area contributed by atoms with E-state index in [0.717, 1.165) is 5.69 Å².